The van der Waals surface area contributed by atoms with Crippen LogP contribution >= 0.6 is 11.8 Å². The van der Waals surface area contributed by atoms with Gasteiger partial charge in [-0.3, -0.25) is 9.59 Å². The summed E-state index contributed by atoms with van der Waals surface area (Å²) in [6, 6.07) is 3.75. The van der Waals surface area contributed by atoms with Crippen molar-refractivity contribution in [1.29, 1.82) is 0 Å². The van der Waals surface area contributed by atoms with Gasteiger partial charge < -0.3 is 15.0 Å². The first kappa shape index (κ1) is 17.2. The van der Waals surface area contributed by atoms with Crippen molar-refractivity contribution >= 4 is 29.3 Å². The summed E-state index contributed by atoms with van der Waals surface area (Å²) >= 11 is 1.39. The predicted octanol–water partition coefficient (Wildman–Crippen LogP) is 1.98. The normalized spacial score (nSPS) is 23.2. The van der Waals surface area contributed by atoms with Gasteiger partial charge >= 0.3 is 0 Å². The van der Waals surface area contributed by atoms with Gasteiger partial charge in [0.2, 0.25) is 11.8 Å². The minimum Gasteiger partial charge on any atom is -0.376 e. The Balaban J connectivity index is 1.63. The van der Waals surface area contributed by atoms with Crippen molar-refractivity contribution in [2.45, 2.75) is 49.0 Å². The molecule has 2 atom stereocenters. The molecule has 24 heavy (non-hydrogen) atoms. The molecule has 0 saturated carbocycles. The number of pyridine rings is 1. The maximum Gasteiger partial charge on any atom is 0.241 e. The minimum absolute atomic E-state index is 0.00498. The highest BCUT2D eigenvalue weighted by Gasteiger charge is 2.35. The van der Waals surface area contributed by atoms with Crippen LogP contribution in [0.2, 0.25) is 0 Å². The second-order valence-electron chi connectivity index (χ2n) is 6.07. The van der Waals surface area contributed by atoms with Gasteiger partial charge in [-0.05, 0) is 31.4 Å². The Morgan fingerprint density at radius 1 is 1.54 bits per heavy atom. The van der Waals surface area contributed by atoms with E-state index < -0.39 is 5.25 Å². The topological polar surface area (TPSA) is 71.5 Å². The largest absolute Gasteiger partial charge is 0.376 e. The Morgan fingerprint density at radius 2 is 2.42 bits per heavy atom. The Labute approximate surface area is 146 Å². The van der Waals surface area contributed by atoms with E-state index in [2.05, 4.69) is 10.3 Å². The molecule has 6 nitrogen and oxygen atoms in total. The number of nitrogens with zero attached hydrogens (tertiary/aromatic N) is 2. The number of rotatable bonds is 6. The summed E-state index contributed by atoms with van der Waals surface area (Å²) in [5.41, 5.74) is 0.852. The number of carbonyl (C=O) groups excluding carboxylic acids is 2. The number of hydrogen-bond acceptors (Lipinski definition) is 5. The Kier molecular flexibility index (Phi) is 5.73. The molecule has 0 unspecified atom stereocenters. The van der Waals surface area contributed by atoms with E-state index in [1.807, 2.05) is 19.1 Å². The standard InChI is InChI=1S/C17H23N3O3S/c1-2-8-20-13-6-3-7-18-16(13)24-14(17(20)22)10-15(21)19-11-12-5-4-9-23-12/h3,6-7,12,14H,2,4-5,8-11H2,1H3,(H,19,21)/t12-,14+/m0/s1. The highest BCUT2D eigenvalue weighted by atomic mass is 32.2. The summed E-state index contributed by atoms with van der Waals surface area (Å²) in [4.78, 5) is 31.1. The van der Waals surface area contributed by atoms with E-state index >= 15 is 0 Å². The van der Waals surface area contributed by atoms with Crippen molar-refractivity contribution in [2.24, 2.45) is 0 Å². The van der Waals surface area contributed by atoms with Crippen LogP contribution in [0.1, 0.15) is 32.6 Å². The second-order valence-corrected chi connectivity index (χ2v) is 7.26. The lowest BCUT2D eigenvalue weighted by Gasteiger charge is -2.32. The van der Waals surface area contributed by atoms with Crippen molar-refractivity contribution in [3.05, 3.63) is 18.3 Å². The van der Waals surface area contributed by atoms with Gasteiger partial charge in [0.15, 0.2) is 0 Å². The van der Waals surface area contributed by atoms with Crippen LogP contribution in [0.4, 0.5) is 5.69 Å². The first-order chi connectivity index (χ1) is 11.7. The van der Waals surface area contributed by atoms with E-state index in [-0.39, 0.29) is 24.3 Å². The molecular weight excluding hydrogens is 326 g/mol. The number of hydrogen-bond donors (Lipinski definition) is 1. The molecule has 0 aliphatic carbocycles. The van der Waals surface area contributed by atoms with Crippen LogP contribution in [0.3, 0.4) is 0 Å². The van der Waals surface area contributed by atoms with Crippen molar-refractivity contribution < 1.29 is 14.3 Å². The fraction of sp³-hybridized carbons (Fsp3) is 0.588. The SMILES string of the molecule is CCCN1C(=O)[C@@H](CC(=O)NC[C@@H]2CCCO2)Sc2ncccc21. The molecule has 1 fully saturated rings. The van der Waals surface area contributed by atoms with Gasteiger partial charge in [0.05, 0.1) is 17.0 Å². The Hall–Kier alpha value is -1.60. The molecule has 130 valence electrons. The Bertz CT molecular complexity index is 604. The first-order valence-electron chi connectivity index (χ1n) is 8.50. The molecule has 0 bridgehead atoms. The van der Waals surface area contributed by atoms with Gasteiger partial charge in [-0.25, -0.2) is 4.98 Å². The molecule has 2 aliphatic rings. The molecular formula is C17H23N3O3S. The van der Waals surface area contributed by atoms with E-state index in [0.29, 0.717) is 13.1 Å². The molecule has 0 aromatic carbocycles. The molecule has 1 saturated heterocycles. The lowest BCUT2D eigenvalue weighted by Crippen LogP contribution is -2.44. The van der Waals surface area contributed by atoms with Gasteiger partial charge in [-0.15, -0.1) is 0 Å². The zero-order chi connectivity index (χ0) is 16.9. The number of carbonyl (C=O) groups is 2. The molecule has 1 aromatic rings. The zero-order valence-corrected chi connectivity index (χ0v) is 14.7. The lowest BCUT2D eigenvalue weighted by molar-refractivity contribution is -0.125. The summed E-state index contributed by atoms with van der Waals surface area (Å²) in [5.74, 6) is -0.109. The first-order valence-corrected chi connectivity index (χ1v) is 9.38. The average Bonchev–Trinajstić information content (AvgIpc) is 3.10. The molecule has 1 N–H and O–H groups in total. The summed E-state index contributed by atoms with van der Waals surface area (Å²) < 4.78 is 5.50. The fourth-order valence-corrected chi connectivity index (χ4v) is 4.17. The summed E-state index contributed by atoms with van der Waals surface area (Å²) in [5, 5.41) is 3.30. The minimum atomic E-state index is -0.413. The second kappa shape index (κ2) is 7.98. The van der Waals surface area contributed by atoms with E-state index in [9.17, 15) is 9.59 Å². The summed E-state index contributed by atoms with van der Waals surface area (Å²) in [7, 11) is 0. The highest BCUT2D eigenvalue weighted by Crippen LogP contribution is 2.38. The number of aromatic nitrogens is 1. The molecule has 7 heteroatoms. The van der Waals surface area contributed by atoms with Crippen molar-refractivity contribution in [2.75, 3.05) is 24.6 Å². The third-order valence-corrected chi connectivity index (χ3v) is 5.40. The van der Waals surface area contributed by atoms with Gasteiger partial charge in [-0.2, -0.15) is 0 Å². The molecule has 3 rings (SSSR count). The average molecular weight is 349 g/mol. The molecule has 0 spiro atoms. The van der Waals surface area contributed by atoms with Gasteiger partial charge in [0, 0.05) is 32.3 Å². The third kappa shape index (κ3) is 3.89. The third-order valence-electron chi connectivity index (χ3n) is 4.21. The van der Waals surface area contributed by atoms with Crippen LogP contribution in [0, 0.1) is 0 Å². The number of nitrogens with one attached hydrogen (secondary N) is 1. The van der Waals surface area contributed by atoms with Crippen molar-refractivity contribution in [3.63, 3.8) is 0 Å². The quantitative estimate of drug-likeness (QED) is 0.850. The lowest BCUT2D eigenvalue weighted by atomic mass is 10.2. The van der Waals surface area contributed by atoms with Gasteiger partial charge in [0.1, 0.15) is 5.03 Å². The van der Waals surface area contributed by atoms with E-state index in [1.165, 1.54) is 11.8 Å². The van der Waals surface area contributed by atoms with Crippen LogP contribution in [0.5, 0.6) is 0 Å². The maximum atomic E-state index is 12.7. The van der Waals surface area contributed by atoms with Crippen LogP contribution in [-0.2, 0) is 14.3 Å². The zero-order valence-electron chi connectivity index (χ0n) is 13.9. The van der Waals surface area contributed by atoms with Crippen LogP contribution in [-0.4, -0.2) is 47.8 Å². The van der Waals surface area contributed by atoms with Crippen molar-refractivity contribution in [3.8, 4) is 0 Å². The molecule has 1 aromatic heterocycles. The monoisotopic (exact) mass is 349 g/mol. The predicted molar refractivity (Wildman–Crippen MR) is 93.1 cm³/mol. The van der Waals surface area contributed by atoms with Gasteiger partial charge in [0.25, 0.3) is 0 Å². The highest BCUT2D eigenvalue weighted by molar-refractivity contribution is 8.00. The van der Waals surface area contributed by atoms with Crippen LogP contribution in [0.15, 0.2) is 23.4 Å². The summed E-state index contributed by atoms with van der Waals surface area (Å²) in [6.45, 7) is 3.98. The van der Waals surface area contributed by atoms with E-state index in [1.54, 1.807) is 11.1 Å². The smallest absolute Gasteiger partial charge is 0.241 e. The van der Waals surface area contributed by atoms with E-state index in [4.69, 9.17) is 4.74 Å². The number of thioether (sulfide) groups is 1. The number of anilines is 1. The van der Waals surface area contributed by atoms with Crippen molar-refractivity contribution in [1.82, 2.24) is 10.3 Å². The molecule has 0 radical (unpaired) electrons. The fourth-order valence-electron chi connectivity index (χ4n) is 3.01. The molecule has 3 heterocycles. The maximum absolute atomic E-state index is 12.7. The van der Waals surface area contributed by atoms with Crippen LogP contribution in [0.25, 0.3) is 0 Å². The number of amides is 2. The van der Waals surface area contributed by atoms with Crippen LogP contribution < -0.4 is 10.2 Å². The molecule has 2 amide bonds. The summed E-state index contributed by atoms with van der Waals surface area (Å²) in [6.07, 6.45) is 4.91. The van der Waals surface area contributed by atoms with Gasteiger partial charge in [-0.1, -0.05) is 18.7 Å². The van der Waals surface area contributed by atoms with E-state index in [0.717, 1.165) is 36.6 Å². The number of fused-ring (bicyclic) bond motifs is 1. The molecule has 2 aliphatic heterocycles. The Morgan fingerprint density at radius 3 is 3.17 bits per heavy atom. The number of ether oxygens (including phenoxy) is 1.